The average molecular weight is 1380 g/mol. The van der Waals surface area contributed by atoms with Gasteiger partial charge in [-0.25, -0.2) is 4.79 Å². The molecule has 2 heterocycles. The maximum Gasteiger partial charge on any atom is 0.404 e. The minimum atomic E-state index is -4.61. The van der Waals surface area contributed by atoms with Crippen LogP contribution in [0, 0.1) is 53.3 Å². The van der Waals surface area contributed by atoms with Crippen molar-refractivity contribution in [2.45, 2.75) is 207 Å². The Morgan fingerprint density at radius 3 is 1.93 bits per heavy atom. The van der Waals surface area contributed by atoms with Crippen molar-refractivity contribution < 1.29 is 75.3 Å². The first kappa shape index (κ1) is 83.6. The highest BCUT2D eigenvalue weighted by atomic mass is 19.4. The number of hydrogen-bond donors (Lipinski definition) is 5. The summed E-state index contributed by atoms with van der Waals surface area (Å²) in [4.78, 5) is 143. The minimum Gasteiger partial charge on any atom is -0.469 e. The molecule has 0 aromatic heterocycles. The van der Waals surface area contributed by atoms with E-state index >= 15 is 0 Å². The fourth-order valence-corrected chi connectivity index (χ4v) is 14.2. The molecule has 0 radical (unpaired) electrons. The van der Waals surface area contributed by atoms with Gasteiger partial charge in [0.05, 0.1) is 55.8 Å². The summed E-state index contributed by atoms with van der Waals surface area (Å²) in [6, 6.07) is 11.1. The smallest absolute Gasteiger partial charge is 0.404 e. The average Bonchev–Trinajstić information content (AvgIpc) is 1.25. The Bertz CT molecular complexity index is 2910. The molecule has 2 aliphatic heterocycles. The summed E-state index contributed by atoms with van der Waals surface area (Å²) < 4.78 is 59.2. The van der Waals surface area contributed by atoms with E-state index in [1.165, 1.54) is 12.0 Å². The number of hydrogen-bond acceptors (Lipinski definition) is 15. The van der Waals surface area contributed by atoms with E-state index < -0.39 is 114 Å². The summed E-state index contributed by atoms with van der Waals surface area (Å²) in [7, 11) is 9.68. The van der Waals surface area contributed by atoms with Gasteiger partial charge < -0.3 is 51.0 Å². The number of nitrogens with zero attached hydrogens (tertiary/aromatic N) is 4. The molecule has 7 amide bonds. The van der Waals surface area contributed by atoms with E-state index in [4.69, 9.17) is 15.2 Å². The number of ether oxygens (including phenoxy) is 3. The van der Waals surface area contributed by atoms with Gasteiger partial charge in [0.1, 0.15) is 11.8 Å². The molecule has 13 atom stereocenters. The molecule has 0 bridgehead atoms. The van der Waals surface area contributed by atoms with Gasteiger partial charge in [-0.2, -0.15) is 13.2 Å². The quantitative estimate of drug-likeness (QED) is 0.0308. The number of nitrogens with one attached hydrogen (secondary N) is 4. The molecule has 2 aliphatic rings. The molecule has 6 N–H and O–H groups in total. The highest BCUT2D eigenvalue weighted by molar-refractivity contribution is 5.97. The summed E-state index contributed by atoms with van der Waals surface area (Å²) in [5.41, 5.74) is 7.16. The van der Waals surface area contributed by atoms with Gasteiger partial charge in [0.15, 0.2) is 11.6 Å². The van der Waals surface area contributed by atoms with Gasteiger partial charge in [0, 0.05) is 95.9 Å². The van der Waals surface area contributed by atoms with Gasteiger partial charge in [-0.3, -0.25) is 53.0 Å². The molecule has 22 nitrogen and oxygen atoms in total. The zero-order valence-corrected chi connectivity index (χ0v) is 60.7. The number of ketones is 3. The number of anilines is 1. The number of nitrogens with two attached hydrogens (primary N) is 1. The molecule has 550 valence electrons. The van der Waals surface area contributed by atoms with E-state index in [0.717, 1.165) is 12.7 Å². The van der Waals surface area contributed by atoms with Crippen LogP contribution in [-0.2, 0) is 70.3 Å². The van der Waals surface area contributed by atoms with Crippen molar-refractivity contribution in [3.63, 3.8) is 0 Å². The van der Waals surface area contributed by atoms with E-state index in [1.54, 1.807) is 69.0 Å². The second-order valence-corrected chi connectivity index (χ2v) is 28.3. The number of Topliss-reactive ketones (excluding diaryl/α,β-unsaturated/α-hetero) is 3. The number of alkyl halides is 3. The number of carbonyl (C=O) groups is 10. The molecule has 2 saturated heterocycles. The SMILES string of the molecule is CC[C@H](C)[C@@H]([C@@H](CC(=O)N1CCC[C@H]1[C@H](OC)[C@@H](C)C(=O)C[C@@H](Cc1ccccc1)C(=O)NCc1ccc(NC(=O)[C@H](CCCNC(N)=O)CC(=O)[C@@H](NC(=O)CCCN2CC[C@@H](C(=O)OC)C[C@H]2C(F)(F)F)C(C)C)cc1)OC)N(C)C(=O)[C@@H](CC(=O)[C@H](C(C)C)N(C)C)C(C)C. The van der Waals surface area contributed by atoms with Gasteiger partial charge in [-0.1, -0.05) is 111 Å². The lowest BCUT2D eigenvalue weighted by Crippen LogP contribution is -2.54. The third-order valence-corrected chi connectivity index (χ3v) is 19.9. The number of benzene rings is 2. The second kappa shape index (κ2) is 40.4. The van der Waals surface area contributed by atoms with Crippen molar-refractivity contribution >= 4 is 64.6 Å². The Hall–Kier alpha value is -6.83. The monoisotopic (exact) mass is 1380 g/mol. The van der Waals surface area contributed by atoms with Crippen LogP contribution in [0.15, 0.2) is 54.6 Å². The Morgan fingerprint density at radius 1 is 0.714 bits per heavy atom. The third-order valence-electron chi connectivity index (χ3n) is 19.9. The number of amides is 7. The fourth-order valence-electron chi connectivity index (χ4n) is 14.2. The maximum absolute atomic E-state index is 14.7. The Labute approximate surface area is 579 Å². The van der Waals surface area contributed by atoms with Crippen LogP contribution < -0.4 is 27.0 Å². The van der Waals surface area contributed by atoms with Crippen LogP contribution in [0.3, 0.4) is 0 Å². The van der Waals surface area contributed by atoms with Crippen LogP contribution in [0.5, 0.6) is 0 Å². The molecule has 0 unspecified atom stereocenters. The highest BCUT2D eigenvalue weighted by Gasteiger charge is 2.49. The predicted octanol–water partition coefficient (Wildman–Crippen LogP) is 8.56. The van der Waals surface area contributed by atoms with Gasteiger partial charge in [-0.15, -0.1) is 0 Å². The number of primary amides is 1. The Balaban J connectivity index is 1.43. The van der Waals surface area contributed by atoms with E-state index in [9.17, 15) is 61.1 Å². The third kappa shape index (κ3) is 25.1. The van der Waals surface area contributed by atoms with E-state index in [2.05, 4.69) is 26.0 Å². The zero-order chi connectivity index (χ0) is 73.3. The van der Waals surface area contributed by atoms with Crippen LogP contribution in [0.25, 0.3) is 0 Å². The molecular formula is C73H114F3N9O13. The number of urea groups is 1. The summed E-state index contributed by atoms with van der Waals surface area (Å²) in [5.74, 6) is -7.69. The van der Waals surface area contributed by atoms with Crippen LogP contribution in [-0.4, -0.2) is 196 Å². The molecule has 2 aromatic rings. The number of methoxy groups -OCH3 is 3. The predicted molar refractivity (Wildman–Crippen MR) is 369 cm³/mol. The van der Waals surface area contributed by atoms with Crippen molar-refractivity contribution in [1.29, 1.82) is 0 Å². The topological polar surface area (TPSA) is 285 Å². The molecule has 2 fully saturated rings. The number of carbonyl (C=O) groups excluding carboxylic acids is 10. The number of likely N-dealkylation sites (tertiary alicyclic amines) is 2. The van der Waals surface area contributed by atoms with Crippen LogP contribution in [0.1, 0.15) is 157 Å². The molecule has 25 heteroatoms. The summed E-state index contributed by atoms with van der Waals surface area (Å²) in [6.07, 6.45) is -4.20. The van der Waals surface area contributed by atoms with E-state index in [1.807, 2.05) is 90.9 Å². The molecule has 0 aliphatic carbocycles. The van der Waals surface area contributed by atoms with Crippen molar-refractivity contribution in [1.82, 2.24) is 35.6 Å². The van der Waals surface area contributed by atoms with E-state index in [-0.39, 0.29) is 143 Å². The van der Waals surface area contributed by atoms with Gasteiger partial charge >= 0.3 is 18.2 Å². The number of rotatable bonds is 41. The molecule has 0 saturated carbocycles. The van der Waals surface area contributed by atoms with Crippen molar-refractivity contribution in [2.75, 3.05) is 74.0 Å². The van der Waals surface area contributed by atoms with Gasteiger partial charge in [0.2, 0.25) is 29.5 Å². The normalized spacial score (nSPS) is 19.1. The zero-order valence-electron chi connectivity index (χ0n) is 60.7. The largest absolute Gasteiger partial charge is 0.469 e. The highest BCUT2D eigenvalue weighted by Crippen LogP contribution is 2.36. The number of piperidine rings is 1. The Kier molecular flexibility index (Phi) is 34.5. The lowest BCUT2D eigenvalue weighted by atomic mass is 9.83. The van der Waals surface area contributed by atoms with Crippen molar-refractivity contribution in [3.05, 3.63) is 65.7 Å². The van der Waals surface area contributed by atoms with Gasteiger partial charge in [-0.05, 0) is 125 Å². The molecule has 0 spiro atoms. The molecular weight excluding hydrogens is 1270 g/mol. The lowest BCUT2D eigenvalue weighted by Gasteiger charge is -2.41. The summed E-state index contributed by atoms with van der Waals surface area (Å²) in [6.45, 7) is 17.7. The molecule has 98 heavy (non-hydrogen) atoms. The standard InChI is InChI=1S/C73H114F3N9O13/c1-16-47(8)66(83(12)70(93)55(44(2)3)41-59(88)65(46(6)7)82(10)11)60(96-13)42-63(90)85-35-21-26-56(85)67(97-14)48(9)57(86)39-53(37-49-23-18-17-19-24-49)68(91)79-43-50-28-30-54(31-29-50)80-69(92)51(25-20-33-78-72(77)95)38-58(87)64(45(4)5)81-62(89)27-22-34-84-36-32-52(71(94)98-15)40-61(84)73(74,75)76/h17-19,23-24,28-31,44-48,51-53,55-56,60-61,64-67H,16,20-22,25-27,32-43H2,1-15H3,(H,79,91)(H,80,92)(H,81,89)(H3,77,78,95)/t47-,48-,51+,52+,53+,55-,56-,60+,61-,64-,65-,66-,67+/m0/s1. The van der Waals surface area contributed by atoms with Crippen LogP contribution in [0.4, 0.5) is 23.7 Å². The minimum absolute atomic E-state index is 0.00400. The molecule has 4 rings (SSSR count). The molecule has 2 aromatic carbocycles. The fraction of sp³-hybridized carbons (Fsp3) is 0.699. The van der Waals surface area contributed by atoms with Crippen molar-refractivity contribution in [2.24, 2.45) is 59.0 Å². The number of likely N-dealkylation sites (N-methyl/N-ethyl adjacent to an activating group) is 2. The summed E-state index contributed by atoms with van der Waals surface area (Å²) >= 11 is 0. The van der Waals surface area contributed by atoms with Crippen LogP contribution in [0.2, 0.25) is 0 Å². The first-order valence-electron chi connectivity index (χ1n) is 35.0. The second-order valence-electron chi connectivity index (χ2n) is 28.3. The van der Waals surface area contributed by atoms with Crippen molar-refractivity contribution in [3.8, 4) is 0 Å². The summed E-state index contributed by atoms with van der Waals surface area (Å²) in [5, 5.41) is 11.1. The number of halogens is 3. The van der Waals surface area contributed by atoms with Crippen LogP contribution >= 0.6 is 0 Å². The van der Waals surface area contributed by atoms with Gasteiger partial charge in [0.25, 0.3) is 0 Å². The van der Waals surface area contributed by atoms with E-state index in [0.29, 0.717) is 37.1 Å². The number of esters is 1. The first-order valence-corrected chi connectivity index (χ1v) is 35.0. The lowest BCUT2D eigenvalue weighted by molar-refractivity contribution is -0.198. The maximum atomic E-state index is 14.7. The Morgan fingerprint density at radius 2 is 1.37 bits per heavy atom. The first-order chi connectivity index (χ1) is 46.2.